The highest BCUT2D eigenvalue weighted by Crippen LogP contribution is 2.42. The van der Waals surface area contributed by atoms with Crippen LogP contribution in [0.5, 0.6) is 5.88 Å². The first kappa shape index (κ1) is 16.7. The fraction of sp³-hybridized carbons (Fsp3) is 0.647. The van der Waals surface area contributed by atoms with E-state index in [1.807, 2.05) is 0 Å². The van der Waals surface area contributed by atoms with Crippen LogP contribution in [0.1, 0.15) is 68.1 Å². The number of nitrogens with one attached hydrogen (secondary N) is 1. The van der Waals surface area contributed by atoms with Crippen molar-refractivity contribution >= 4 is 11.8 Å². The molecule has 24 heavy (non-hydrogen) atoms. The lowest BCUT2D eigenvalue weighted by Crippen LogP contribution is -2.46. The predicted octanol–water partition coefficient (Wildman–Crippen LogP) is 1.53. The lowest BCUT2D eigenvalue weighted by molar-refractivity contribution is -0.119. The minimum Gasteiger partial charge on any atom is -0.476 e. The van der Waals surface area contributed by atoms with Gasteiger partial charge in [0.25, 0.3) is 5.91 Å². The molecule has 0 aromatic carbocycles. The van der Waals surface area contributed by atoms with Crippen molar-refractivity contribution in [3.8, 4) is 5.88 Å². The van der Waals surface area contributed by atoms with Crippen LogP contribution in [0.2, 0.25) is 0 Å². The molecule has 3 rings (SSSR count). The van der Waals surface area contributed by atoms with Crippen LogP contribution >= 0.6 is 0 Å². The number of carbonyl (C=O) groups excluding carboxylic acids is 2. The zero-order chi connectivity index (χ0) is 17.3. The first-order chi connectivity index (χ1) is 11.3. The molecule has 0 spiro atoms. The van der Waals surface area contributed by atoms with Gasteiger partial charge in [-0.2, -0.15) is 0 Å². The Bertz CT molecular complexity index is 651. The summed E-state index contributed by atoms with van der Waals surface area (Å²) in [5.74, 6) is 0.627. The second kappa shape index (κ2) is 6.37. The Hall–Kier alpha value is -2.18. The molecule has 2 amide bonds. The summed E-state index contributed by atoms with van der Waals surface area (Å²) in [7, 11) is 0. The van der Waals surface area contributed by atoms with Gasteiger partial charge in [0, 0.05) is 17.9 Å². The van der Waals surface area contributed by atoms with Gasteiger partial charge in [0.15, 0.2) is 0 Å². The molecule has 7 nitrogen and oxygen atoms in total. The standard InChI is InChI=1S/C17H24N4O3/c1-17(2,7-13(18)22)21-15(23)12-8-19-14(11-5-6-11)16(20-12)24-9-10-3-4-10/h8,10-11H,3-7,9H2,1-2H3,(H2,18,22)(H,21,23). The maximum absolute atomic E-state index is 12.4. The van der Waals surface area contributed by atoms with Crippen LogP contribution in [-0.4, -0.2) is 33.9 Å². The van der Waals surface area contributed by atoms with Crippen molar-refractivity contribution in [3.63, 3.8) is 0 Å². The second-order valence-electron chi connectivity index (χ2n) is 7.46. The molecule has 2 aliphatic rings. The van der Waals surface area contributed by atoms with Crippen LogP contribution in [0.15, 0.2) is 6.20 Å². The van der Waals surface area contributed by atoms with E-state index in [4.69, 9.17) is 10.5 Å². The second-order valence-corrected chi connectivity index (χ2v) is 7.46. The number of primary amides is 1. The third-order valence-electron chi connectivity index (χ3n) is 4.18. The molecular formula is C17H24N4O3. The molecule has 2 fully saturated rings. The molecule has 130 valence electrons. The average molecular weight is 332 g/mol. The van der Waals surface area contributed by atoms with E-state index in [1.165, 1.54) is 19.0 Å². The summed E-state index contributed by atoms with van der Waals surface area (Å²) in [4.78, 5) is 32.3. The van der Waals surface area contributed by atoms with E-state index >= 15 is 0 Å². The Balaban J connectivity index is 1.73. The lowest BCUT2D eigenvalue weighted by Gasteiger charge is -2.24. The van der Waals surface area contributed by atoms with E-state index in [0.717, 1.165) is 18.5 Å². The van der Waals surface area contributed by atoms with Crippen LogP contribution in [0.4, 0.5) is 0 Å². The number of amides is 2. The molecule has 7 heteroatoms. The maximum Gasteiger partial charge on any atom is 0.272 e. The monoisotopic (exact) mass is 332 g/mol. The fourth-order valence-electron chi connectivity index (χ4n) is 2.57. The molecule has 1 aromatic heterocycles. The van der Waals surface area contributed by atoms with Gasteiger partial charge in [0.2, 0.25) is 11.8 Å². The molecule has 2 aliphatic carbocycles. The van der Waals surface area contributed by atoms with Gasteiger partial charge in [-0.25, -0.2) is 4.98 Å². The molecular weight excluding hydrogens is 308 g/mol. The van der Waals surface area contributed by atoms with Crippen molar-refractivity contribution in [2.75, 3.05) is 6.61 Å². The van der Waals surface area contributed by atoms with Gasteiger partial charge in [-0.05, 0) is 45.4 Å². The minimum absolute atomic E-state index is 0.0529. The molecule has 0 unspecified atom stereocenters. The fourth-order valence-corrected chi connectivity index (χ4v) is 2.57. The number of nitrogens with two attached hydrogens (primary N) is 1. The highest BCUT2D eigenvalue weighted by atomic mass is 16.5. The van der Waals surface area contributed by atoms with E-state index in [9.17, 15) is 9.59 Å². The predicted molar refractivity (Wildman–Crippen MR) is 87.6 cm³/mol. The largest absolute Gasteiger partial charge is 0.476 e. The number of nitrogens with zero attached hydrogens (tertiary/aromatic N) is 2. The SMILES string of the molecule is CC(C)(CC(N)=O)NC(=O)c1cnc(C2CC2)c(OCC2CC2)n1. The first-order valence-corrected chi connectivity index (χ1v) is 8.44. The quantitative estimate of drug-likeness (QED) is 0.750. The van der Waals surface area contributed by atoms with Crippen LogP contribution in [0.3, 0.4) is 0 Å². The van der Waals surface area contributed by atoms with E-state index < -0.39 is 11.4 Å². The Kier molecular flexibility index (Phi) is 4.43. The minimum atomic E-state index is -0.741. The van der Waals surface area contributed by atoms with Crippen molar-refractivity contribution < 1.29 is 14.3 Å². The molecule has 0 atom stereocenters. The van der Waals surface area contributed by atoms with E-state index in [1.54, 1.807) is 13.8 Å². The Morgan fingerprint density at radius 3 is 2.62 bits per heavy atom. The number of carbonyl (C=O) groups is 2. The molecule has 0 radical (unpaired) electrons. The third-order valence-corrected chi connectivity index (χ3v) is 4.18. The van der Waals surface area contributed by atoms with E-state index in [2.05, 4.69) is 15.3 Å². The van der Waals surface area contributed by atoms with Gasteiger partial charge in [-0.1, -0.05) is 0 Å². The lowest BCUT2D eigenvalue weighted by atomic mass is 10.00. The zero-order valence-corrected chi connectivity index (χ0v) is 14.2. The van der Waals surface area contributed by atoms with Crippen molar-refractivity contribution in [1.29, 1.82) is 0 Å². The molecule has 3 N–H and O–H groups in total. The van der Waals surface area contributed by atoms with Gasteiger partial charge in [0.1, 0.15) is 11.4 Å². The number of hydrogen-bond acceptors (Lipinski definition) is 5. The highest BCUT2D eigenvalue weighted by molar-refractivity contribution is 5.93. The van der Waals surface area contributed by atoms with Crippen molar-refractivity contribution in [2.45, 2.75) is 57.4 Å². The van der Waals surface area contributed by atoms with Crippen LogP contribution in [-0.2, 0) is 4.79 Å². The number of rotatable bonds is 8. The third kappa shape index (κ3) is 4.43. The highest BCUT2D eigenvalue weighted by Gasteiger charge is 2.32. The average Bonchev–Trinajstić information content (AvgIpc) is 3.36. The maximum atomic E-state index is 12.4. The molecule has 0 saturated heterocycles. The summed E-state index contributed by atoms with van der Waals surface area (Å²) in [5, 5.41) is 2.77. The Morgan fingerprint density at radius 2 is 2.04 bits per heavy atom. The summed E-state index contributed by atoms with van der Waals surface area (Å²) in [6.45, 7) is 4.12. The molecule has 2 saturated carbocycles. The molecule has 1 heterocycles. The van der Waals surface area contributed by atoms with Gasteiger partial charge in [-0.3, -0.25) is 14.6 Å². The summed E-state index contributed by atoms with van der Waals surface area (Å²) < 4.78 is 5.82. The summed E-state index contributed by atoms with van der Waals surface area (Å²) in [6.07, 6.45) is 6.09. The van der Waals surface area contributed by atoms with Gasteiger partial charge in [-0.15, -0.1) is 0 Å². The molecule has 0 bridgehead atoms. The van der Waals surface area contributed by atoms with Gasteiger partial charge < -0.3 is 15.8 Å². The van der Waals surface area contributed by atoms with Crippen molar-refractivity contribution in [2.24, 2.45) is 11.7 Å². The van der Waals surface area contributed by atoms with E-state index in [-0.39, 0.29) is 18.0 Å². The topological polar surface area (TPSA) is 107 Å². The molecule has 1 aromatic rings. The number of hydrogen-bond donors (Lipinski definition) is 2. The number of ether oxygens (including phenoxy) is 1. The van der Waals surface area contributed by atoms with Crippen LogP contribution < -0.4 is 15.8 Å². The first-order valence-electron chi connectivity index (χ1n) is 8.44. The number of aromatic nitrogens is 2. The van der Waals surface area contributed by atoms with Crippen molar-refractivity contribution in [3.05, 3.63) is 17.6 Å². The summed E-state index contributed by atoms with van der Waals surface area (Å²) >= 11 is 0. The Morgan fingerprint density at radius 1 is 1.33 bits per heavy atom. The smallest absolute Gasteiger partial charge is 0.272 e. The van der Waals surface area contributed by atoms with Crippen molar-refractivity contribution in [1.82, 2.24) is 15.3 Å². The normalized spacial score (nSPS) is 17.4. The van der Waals surface area contributed by atoms with Crippen LogP contribution in [0, 0.1) is 5.92 Å². The summed E-state index contributed by atoms with van der Waals surface area (Å²) in [6, 6.07) is 0. The van der Waals surface area contributed by atoms with Gasteiger partial charge in [0.05, 0.1) is 12.8 Å². The van der Waals surface area contributed by atoms with Crippen LogP contribution in [0.25, 0.3) is 0 Å². The Labute approximate surface area is 141 Å². The zero-order valence-electron chi connectivity index (χ0n) is 14.2. The van der Waals surface area contributed by atoms with Gasteiger partial charge >= 0.3 is 0 Å². The molecule has 0 aliphatic heterocycles. The summed E-state index contributed by atoms with van der Waals surface area (Å²) in [5.41, 5.74) is 5.52. The van der Waals surface area contributed by atoms with E-state index in [0.29, 0.717) is 24.3 Å².